The number of hydrogen-bond donors (Lipinski definition) is 2. The second-order valence-electron chi connectivity index (χ2n) is 5.57. The fraction of sp³-hybridized carbons (Fsp3) is 0.176. The van der Waals surface area contributed by atoms with Crippen LogP contribution in [0.15, 0.2) is 34.7 Å². The lowest BCUT2D eigenvalue weighted by molar-refractivity contribution is 0.0964. The Morgan fingerprint density at radius 1 is 1.30 bits per heavy atom. The minimum atomic E-state index is -3.52. The van der Waals surface area contributed by atoms with Crippen LogP contribution in [-0.2, 0) is 10.0 Å². The van der Waals surface area contributed by atoms with Crippen LogP contribution < -0.4 is 10.0 Å². The maximum atomic E-state index is 13.2. The number of halogens is 2. The van der Waals surface area contributed by atoms with Gasteiger partial charge in [-0.2, -0.15) is 4.98 Å². The van der Waals surface area contributed by atoms with Crippen LogP contribution in [-0.4, -0.2) is 32.1 Å². The summed E-state index contributed by atoms with van der Waals surface area (Å²) >= 11 is 1.93. The van der Waals surface area contributed by atoms with Gasteiger partial charge in [-0.3, -0.25) is 9.52 Å². The molecule has 0 aliphatic heterocycles. The molecule has 2 aromatic heterocycles. The van der Waals surface area contributed by atoms with Gasteiger partial charge >= 0.3 is 0 Å². The summed E-state index contributed by atoms with van der Waals surface area (Å²) in [6.07, 6.45) is 0. The van der Waals surface area contributed by atoms with Crippen molar-refractivity contribution in [3.05, 3.63) is 45.3 Å². The van der Waals surface area contributed by atoms with E-state index in [1.165, 1.54) is 38.2 Å². The molecule has 7 nitrogen and oxygen atoms in total. The van der Waals surface area contributed by atoms with E-state index in [0.717, 1.165) is 0 Å². The van der Waals surface area contributed by atoms with Crippen molar-refractivity contribution in [1.82, 2.24) is 10.3 Å². The van der Waals surface area contributed by atoms with Gasteiger partial charge in [0, 0.05) is 12.6 Å². The number of pyridine rings is 1. The van der Waals surface area contributed by atoms with Gasteiger partial charge in [0.1, 0.15) is 11.6 Å². The van der Waals surface area contributed by atoms with E-state index in [2.05, 4.69) is 15.0 Å². The second kappa shape index (κ2) is 7.43. The van der Waals surface area contributed by atoms with Crippen LogP contribution in [0.2, 0.25) is 0 Å². The molecule has 0 saturated carbocycles. The third-order valence-corrected chi connectivity index (χ3v) is 5.92. The van der Waals surface area contributed by atoms with Crippen LogP contribution in [0.1, 0.15) is 17.3 Å². The van der Waals surface area contributed by atoms with Crippen LogP contribution in [0.4, 0.5) is 10.2 Å². The third kappa shape index (κ3) is 3.90. The van der Waals surface area contributed by atoms with Crippen molar-refractivity contribution >= 4 is 55.4 Å². The Balaban J connectivity index is 2.24. The summed E-state index contributed by atoms with van der Waals surface area (Å²) in [6.45, 7) is 1.51. The normalized spacial score (nSPS) is 11.6. The number of fused-ring (bicyclic) bond motifs is 1. The quantitative estimate of drug-likeness (QED) is 0.521. The topological polar surface area (TPSA) is 101 Å². The van der Waals surface area contributed by atoms with Crippen molar-refractivity contribution in [2.75, 3.05) is 17.5 Å². The van der Waals surface area contributed by atoms with Gasteiger partial charge in [-0.1, -0.05) is 0 Å². The van der Waals surface area contributed by atoms with Gasteiger partial charge in [0.05, 0.1) is 20.3 Å². The predicted octanol–water partition coefficient (Wildman–Crippen LogP) is 3.36. The van der Waals surface area contributed by atoms with Crippen molar-refractivity contribution in [1.29, 1.82) is 0 Å². The highest BCUT2D eigenvalue weighted by atomic mass is 127. The van der Waals surface area contributed by atoms with Gasteiger partial charge in [-0.05, 0) is 59.8 Å². The summed E-state index contributed by atoms with van der Waals surface area (Å²) in [7, 11) is -2.04. The average molecular weight is 503 g/mol. The molecule has 0 saturated heterocycles. The van der Waals surface area contributed by atoms with E-state index in [4.69, 9.17) is 4.42 Å². The highest BCUT2D eigenvalue weighted by Crippen LogP contribution is 2.35. The maximum absolute atomic E-state index is 13.2. The molecule has 3 aromatic rings. The number of nitrogens with one attached hydrogen (secondary N) is 2. The van der Waals surface area contributed by atoms with Gasteiger partial charge in [0.15, 0.2) is 5.82 Å². The highest BCUT2D eigenvalue weighted by Gasteiger charge is 2.24. The van der Waals surface area contributed by atoms with Gasteiger partial charge in [-0.25, -0.2) is 12.8 Å². The molecule has 0 bridgehead atoms. The molecular formula is C17H15FIN3O4S. The van der Waals surface area contributed by atoms with Crippen molar-refractivity contribution in [3.8, 4) is 11.3 Å². The SMILES string of the molecule is CCS(=O)(=O)Nc1nc2oc(-c3ccc(F)cc3)c(C(=O)NC)c2cc1I. The van der Waals surface area contributed by atoms with E-state index in [-0.39, 0.29) is 28.6 Å². The average Bonchev–Trinajstić information content (AvgIpc) is 3.00. The van der Waals surface area contributed by atoms with Gasteiger partial charge in [-0.15, -0.1) is 0 Å². The van der Waals surface area contributed by atoms with E-state index in [9.17, 15) is 17.6 Å². The minimum absolute atomic E-state index is 0.0992. The van der Waals surface area contributed by atoms with Gasteiger partial charge in [0.2, 0.25) is 15.7 Å². The minimum Gasteiger partial charge on any atom is -0.437 e. The van der Waals surface area contributed by atoms with Gasteiger partial charge in [0.25, 0.3) is 5.91 Å². The molecule has 0 fully saturated rings. The summed E-state index contributed by atoms with van der Waals surface area (Å²) < 4.78 is 45.6. The summed E-state index contributed by atoms with van der Waals surface area (Å²) in [5.41, 5.74) is 0.843. The van der Waals surface area contributed by atoms with E-state index >= 15 is 0 Å². The molecule has 3 rings (SSSR count). The summed E-state index contributed by atoms with van der Waals surface area (Å²) in [6, 6.07) is 7.12. The molecule has 1 amide bonds. The first-order chi connectivity index (χ1) is 12.8. The van der Waals surface area contributed by atoms with Gasteiger partial charge < -0.3 is 9.73 Å². The number of anilines is 1. The van der Waals surface area contributed by atoms with Crippen molar-refractivity contribution < 1.29 is 22.0 Å². The summed E-state index contributed by atoms with van der Waals surface area (Å²) in [4.78, 5) is 16.7. The lowest BCUT2D eigenvalue weighted by Gasteiger charge is -2.07. The molecule has 1 aromatic carbocycles. The smallest absolute Gasteiger partial charge is 0.255 e. The highest BCUT2D eigenvalue weighted by molar-refractivity contribution is 14.1. The largest absolute Gasteiger partial charge is 0.437 e. The zero-order chi connectivity index (χ0) is 19.8. The number of amides is 1. The van der Waals surface area contributed by atoms with E-state index in [1.54, 1.807) is 6.07 Å². The third-order valence-electron chi connectivity index (χ3n) is 3.83. The zero-order valence-corrected chi connectivity index (χ0v) is 17.3. The molecule has 0 aliphatic rings. The molecule has 0 radical (unpaired) electrons. The number of carbonyl (C=O) groups is 1. The predicted molar refractivity (Wildman–Crippen MR) is 109 cm³/mol. The Morgan fingerprint density at radius 2 is 1.96 bits per heavy atom. The second-order valence-corrected chi connectivity index (χ2v) is 8.74. The molecule has 0 atom stereocenters. The number of benzene rings is 1. The van der Waals surface area contributed by atoms with Crippen LogP contribution in [0.5, 0.6) is 0 Å². The molecule has 0 spiro atoms. The van der Waals surface area contributed by atoms with Crippen molar-refractivity contribution in [3.63, 3.8) is 0 Å². The Morgan fingerprint density at radius 3 is 2.56 bits per heavy atom. The van der Waals surface area contributed by atoms with Crippen LogP contribution >= 0.6 is 22.6 Å². The molecule has 10 heteroatoms. The Labute approximate surface area is 168 Å². The van der Waals surface area contributed by atoms with Crippen LogP contribution in [0.3, 0.4) is 0 Å². The van der Waals surface area contributed by atoms with E-state index in [0.29, 0.717) is 14.5 Å². The molecule has 2 heterocycles. The maximum Gasteiger partial charge on any atom is 0.255 e. The number of carbonyl (C=O) groups excluding carboxylic acids is 1. The lowest BCUT2D eigenvalue weighted by atomic mass is 10.1. The first-order valence-electron chi connectivity index (χ1n) is 7.87. The fourth-order valence-corrected chi connectivity index (χ4v) is 3.79. The Kier molecular flexibility index (Phi) is 5.38. The Bertz CT molecular complexity index is 1130. The van der Waals surface area contributed by atoms with Crippen molar-refractivity contribution in [2.45, 2.75) is 6.92 Å². The molecular weight excluding hydrogens is 488 g/mol. The van der Waals surface area contributed by atoms with E-state index in [1.807, 2.05) is 22.6 Å². The first kappa shape index (κ1) is 19.5. The summed E-state index contributed by atoms with van der Waals surface area (Å²) in [5, 5.41) is 2.98. The molecule has 142 valence electrons. The summed E-state index contributed by atoms with van der Waals surface area (Å²) in [5.74, 6) is -0.575. The van der Waals surface area contributed by atoms with Crippen LogP contribution in [0, 0.1) is 9.39 Å². The lowest BCUT2D eigenvalue weighted by Crippen LogP contribution is -2.18. The molecule has 0 unspecified atom stereocenters. The zero-order valence-electron chi connectivity index (χ0n) is 14.3. The number of furan rings is 1. The Hall–Kier alpha value is -2.21. The number of hydrogen-bond acceptors (Lipinski definition) is 5. The first-order valence-corrected chi connectivity index (χ1v) is 10.6. The standard InChI is InChI=1S/C17H15FIN3O4S/c1-3-27(24,25)22-15-12(19)8-11-13(16(23)20-2)14(26-17(11)21-15)9-4-6-10(18)7-5-9/h4-8H,3H2,1-2H3,(H,20,23)(H,21,22). The molecule has 0 aliphatic carbocycles. The van der Waals surface area contributed by atoms with Crippen LogP contribution in [0.25, 0.3) is 22.4 Å². The monoisotopic (exact) mass is 503 g/mol. The number of aromatic nitrogens is 1. The fourth-order valence-electron chi connectivity index (χ4n) is 2.44. The van der Waals surface area contributed by atoms with E-state index < -0.39 is 21.7 Å². The molecule has 2 N–H and O–H groups in total. The molecule has 27 heavy (non-hydrogen) atoms. The van der Waals surface area contributed by atoms with Crippen molar-refractivity contribution in [2.24, 2.45) is 0 Å². The number of sulfonamides is 1. The number of rotatable bonds is 5. The number of nitrogens with zero attached hydrogens (tertiary/aromatic N) is 1.